The smallest absolute Gasteiger partial charge is 0.226 e. The highest BCUT2D eigenvalue weighted by molar-refractivity contribution is 5.78. The SMILES string of the molecule is CN(C)CCO[C@@H]1CCOC[C@@H]1NC(=O)Cc1cnc[nH]1. The lowest BCUT2D eigenvalue weighted by Crippen LogP contribution is -2.51. The van der Waals surface area contributed by atoms with Crippen molar-refractivity contribution in [2.75, 3.05) is 40.5 Å². The minimum atomic E-state index is -0.0867. The zero-order chi connectivity index (χ0) is 15.1. The monoisotopic (exact) mass is 296 g/mol. The number of aromatic amines is 1. The maximum Gasteiger partial charge on any atom is 0.226 e. The van der Waals surface area contributed by atoms with Gasteiger partial charge in [0.2, 0.25) is 5.91 Å². The first-order chi connectivity index (χ1) is 10.1. The zero-order valence-corrected chi connectivity index (χ0v) is 12.7. The number of likely N-dealkylation sites (N-methyl/N-ethyl adjacent to an activating group) is 1. The summed E-state index contributed by atoms with van der Waals surface area (Å²) in [4.78, 5) is 20.9. The van der Waals surface area contributed by atoms with Crippen molar-refractivity contribution < 1.29 is 14.3 Å². The maximum atomic E-state index is 12.0. The average molecular weight is 296 g/mol. The molecule has 1 amide bonds. The number of nitrogens with one attached hydrogen (secondary N) is 2. The topological polar surface area (TPSA) is 79.5 Å². The van der Waals surface area contributed by atoms with Gasteiger partial charge in [-0.3, -0.25) is 4.79 Å². The first kappa shape index (κ1) is 15.9. The van der Waals surface area contributed by atoms with E-state index in [0.717, 1.165) is 18.7 Å². The highest BCUT2D eigenvalue weighted by Crippen LogP contribution is 2.12. The number of hydrogen-bond donors (Lipinski definition) is 2. The van der Waals surface area contributed by atoms with E-state index in [1.807, 2.05) is 14.1 Å². The van der Waals surface area contributed by atoms with Crippen LogP contribution in [0, 0.1) is 0 Å². The van der Waals surface area contributed by atoms with Gasteiger partial charge in [0.05, 0.1) is 38.1 Å². The van der Waals surface area contributed by atoms with Crippen molar-refractivity contribution in [1.29, 1.82) is 0 Å². The molecule has 1 aliphatic heterocycles. The van der Waals surface area contributed by atoms with Gasteiger partial charge in [0.15, 0.2) is 0 Å². The molecule has 2 heterocycles. The Bertz CT molecular complexity index is 422. The molecule has 1 aromatic heterocycles. The van der Waals surface area contributed by atoms with E-state index in [4.69, 9.17) is 9.47 Å². The Labute approximate surface area is 125 Å². The van der Waals surface area contributed by atoms with Crippen LogP contribution >= 0.6 is 0 Å². The minimum Gasteiger partial charge on any atom is -0.379 e. The van der Waals surface area contributed by atoms with Crippen LogP contribution in [0.25, 0.3) is 0 Å². The molecular formula is C14H24N4O3. The van der Waals surface area contributed by atoms with Crippen LogP contribution in [0.5, 0.6) is 0 Å². The second-order valence-electron chi connectivity index (χ2n) is 5.50. The van der Waals surface area contributed by atoms with Crippen molar-refractivity contribution in [2.24, 2.45) is 0 Å². The highest BCUT2D eigenvalue weighted by atomic mass is 16.5. The van der Waals surface area contributed by atoms with E-state index in [1.165, 1.54) is 0 Å². The Kier molecular flexibility index (Phi) is 6.16. The summed E-state index contributed by atoms with van der Waals surface area (Å²) in [6.45, 7) is 2.71. The third kappa shape index (κ3) is 5.45. The van der Waals surface area contributed by atoms with Gasteiger partial charge in [-0.15, -0.1) is 0 Å². The second kappa shape index (κ2) is 8.11. The summed E-state index contributed by atoms with van der Waals surface area (Å²) in [7, 11) is 4.02. The third-order valence-corrected chi connectivity index (χ3v) is 3.42. The van der Waals surface area contributed by atoms with E-state index in [9.17, 15) is 4.79 Å². The predicted molar refractivity (Wildman–Crippen MR) is 78.0 cm³/mol. The van der Waals surface area contributed by atoms with Crippen LogP contribution in [-0.4, -0.2) is 73.4 Å². The zero-order valence-electron chi connectivity index (χ0n) is 12.7. The Morgan fingerprint density at radius 1 is 1.62 bits per heavy atom. The van der Waals surface area contributed by atoms with E-state index in [2.05, 4.69) is 20.2 Å². The number of amides is 1. The first-order valence-corrected chi connectivity index (χ1v) is 7.26. The molecular weight excluding hydrogens is 272 g/mol. The van der Waals surface area contributed by atoms with Crippen molar-refractivity contribution in [3.8, 4) is 0 Å². The van der Waals surface area contributed by atoms with Crippen LogP contribution in [0.15, 0.2) is 12.5 Å². The molecule has 0 aliphatic carbocycles. The summed E-state index contributed by atoms with van der Waals surface area (Å²) in [6, 6.07) is -0.0867. The number of carbonyl (C=O) groups is 1. The maximum absolute atomic E-state index is 12.0. The molecule has 1 fully saturated rings. The average Bonchev–Trinajstić information content (AvgIpc) is 2.93. The molecule has 2 N–H and O–H groups in total. The molecule has 7 heteroatoms. The van der Waals surface area contributed by atoms with Gasteiger partial charge in [0, 0.05) is 25.0 Å². The number of nitrogens with zero attached hydrogens (tertiary/aromatic N) is 2. The largest absolute Gasteiger partial charge is 0.379 e. The van der Waals surface area contributed by atoms with Gasteiger partial charge < -0.3 is 24.7 Å². The van der Waals surface area contributed by atoms with Crippen molar-refractivity contribution >= 4 is 5.91 Å². The van der Waals surface area contributed by atoms with Crippen LogP contribution < -0.4 is 5.32 Å². The minimum absolute atomic E-state index is 0.0180. The molecule has 1 aliphatic rings. The van der Waals surface area contributed by atoms with Gasteiger partial charge in [-0.25, -0.2) is 4.98 Å². The van der Waals surface area contributed by atoms with Crippen LogP contribution in [0.3, 0.4) is 0 Å². The summed E-state index contributed by atoms with van der Waals surface area (Å²) >= 11 is 0. The molecule has 0 bridgehead atoms. The quantitative estimate of drug-likeness (QED) is 0.729. The Morgan fingerprint density at radius 3 is 3.19 bits per heavy atom. The van der Waals surface area contributed by atoms with E-state index in [-0.39, 0.29) is 18.1 Å². The summed E-state index contributed by atoms with van der Waals surface area (Å²) in [5, 5.41) is 3.00. The lowest BCUT2D eigenvalue weighted by Gasteiger charge is -2.32. The van der Waals surface area contributed by atoms with Gasteiger partial charge in [-0.05, 0) is 20.5 Å². The lowest BCUT2D eigenvalue weighted by molar-refractivity contribution is -0.125. The summed E-state index contributed by atoms with van der Waals surface area (Å²) in [5.74, 6) is -0.0454. The van der Waals surface area contributed by atoms with Crippen molar-refractivity contribution in [2.45, 2.75) is 25.0 Å². The molecule has 0 aromatic carbocycles. The number of ether oxygens (including phenoxy) is 2. The molecule has 1 saturated heterocycles. The van der Waals surface area contributed by atoms with Gasteiger partial charge in [0.1, 0.15) is 0 Å². The van der Waals surface area contributed by atoms with Gasteiger partial charge in [-0.1, -0.05) is 0 Å². The number of imidazole rings is 1. The van der Waals surface area contributed by atoms with E-state index < -0.39 is 0 Å². The van der Waals surface area contributed by atoms with Crippen LogP contribution in [0.1, 0.15) is 12.1 Å². The van der Waals surface area contributed by atoms with Crippen LogP contribution in [-0.2, 0) is 20.7 Å². The van der Waals surface area contributed by atoms with E-state index >= 15 is 0 Å². The number of aromatic nitrogens is 2. The molecule has 0 spiro atoms. The van der Waals surface area contributed by atoms with E-state index in [1.54, 1.807) is 12.5 Å². The van der Waals surface area contributed by atoms with E-state index in [0.29, 0.717) is 26.2 Å². The summed E-state index contributed by atoms with van der Waals surface area (Å²) in [6.07, 6.45) is 4.34. The van der Waals surface area contributed by atoms with Gasteiger partial charge in [0.25, 0.3) is 0 Å². The highest BCUT2D eigenvalue weighted by Gasteiger charge is 2.27. The van der Waals surface area contributed by atoms with Crippen molar-refractivity contribution in [3.05, 3.63) is 18.2 Å². The molecule has 0 unspecified atom stereocenters. The molecule has 21 heavy (non-hydrogen) atoms. The fraction of sp³-hybridized carbons (Fsp3) is 0.714. The Balaban J connectivity index is 1.79. The van der Waals surface area contributed by atoms with Crippen molar-refractivity contribution in [1.82, 2.24) is 20.2 Å². The number of H-pyrrole nitrogens is 1. The summed E-state index contributed by atoms with van der Waals surface area (Å²) < 4.78 is 11.3. The van der Waals surface area contributed by atoms with Gasteiger partial charge >= 0.3 is 0 Å². The number of rotatable bonds is 7. The normalized spacial score (nSPS) is 22.4. The fourth-order valence-corrected chi connectivity index (χ4v) is 2.25. The number of hydrogen-bond acceptors (Lipinski definition) is 5. The summed E-state index contributed by atoms with van der Waals surface area (Å²) in [5.41, 5.74) is 0.800. The second-order valence-corrected chi connectivity index (χ2v) is 5.50. The van der Waals surface area contributed by atoms with Gasteiger partial charge in [-0.2, -0.15) is 0 Å². The fourth-order valence-electron chi connectivity index (χ4n) is 2.25. The molecule has 0 saturated carbocycles. The number of carbonyl (C=O) groups excluding carboxylic acids is 1. The first-order valence-electron chi connectivity index (χ1n) is 7.26. The molecule has 0 radical (unpaired) electrons. The molecule has 2 rings (SSSR count). The third-order valence-electron chi connectivity index (χ3n) is 3.42. The molecule has 118 valence electrons. The molecule has 7 nitrogen and oxygen atoms in total. The lowest BCUT2D eigenvalue weighted by atomic mass is 10.1. The van der Waals surface area contributed by atoms with Crippen LogP contribution in [0.4, 0.5) is 0 Å². The standard InChI is InChI=1S/C14H24N4O3/c1-18(2)4-6-21-13-3-5-20-9-12(13)17-14(19)7-11-8-15-10-16-11/h8,10,12-13H,3-7,9H2,1-2H3,(H,15,16)(H,17,19)/t12-,13+/m0/s1. The Morgan fingerprint density at radius 2 is 2.48 bits per heavy atom. The predicted octanol–water partition coefficient (Wildman–Crippen LogP) is -0.196. The Hall–Kier alpha value is -1.44. The molecule has 1 aromatic rings. The van der Waals surface area contributed by atoms with Crippen LogP contribution in [0.2, 0.25) is 0 Å². The molecule has 2 atom stereocenters. The van der Waals surface area contributed by atoms with Crippen molar-refractivity contribution in [3.63, 3.8) is 0 Å².